The van der Waals surface area contributed by atoms with Gasteiger partial charge >= 0.3 is 0 Å². The van der Waals surface area contributed by atoms with Crippen molar-refractivity contribution in [3.05, 3.63) is 64.3 Å². The fraction of sp³-hybridized carbons (Fsp3) is 0.333. The summed E-state index contributed by atoms with van der Waals surface area (Å²) in [7, 11) is 0. The molecule has 5 nitrogen and oxygen atoms in total. The van der Waals surface area contributed by atoms with Crippen LogP contribution in [0.4, 0.5) is 0 Å². The van der Waals surface area contributed by atoms with Crippen molar-refractivity contribution in [2.45, 2.75) is 38.2 Å². The van der Waals surface area contributed by atoms with Gasteiger partial charge in [0.2, 0.25) is 0 Å². The van der Waals surface area contributed by atoms with Crippen molar-refractivity contribution in [1.82, 2.24) is 4.98 Å². The Morgan fingerprint density at radius 2 is 1.97 bits per heavy atom. The van der Waals surface area contributed by atoms with Crippen molar-refractivity contribution in [1.29, 1.82) is 5.26 Å². The summed E-state index contributed by atoms with van der Waals surface area (Å²) in [6, 6.07) is 13.4. The normalized spacial score (nSPS) is 18.2. The van der Waals surface area contributed by atoms with E-state index in [0.29, 0.717) is 16.7 Å². The zero-order chi connectivity index (χ0) is 20.2. The third-order valence-electron chi connectivity index (χ3n) is 6.16. The molecule has 29 heavy (non-hydrogen) atoms. The molecule has 0 bridgehead atoms. The minimum absolute atomic E-state index is 0.0166. The number of nitriles is 1. The van der Waals surface area contributed by atoms with E-state index < -0.39 is 0 Å². The highest BCUT2D eigenvalue weighted by atomic mass is 16.5. The average molecular weight is 386 g/mol. The van der Waals surface area contributed by atoms with Crippen LogP contribution >= 0.6 is 0 Å². The number of hydrogen-bond acceptors (Lipinski definition) is 4. The molecule has 1 aromatic heterocycles. The zero-order valence-corrected chi connectivity index (χ0v) is 16.5. The van der Waals surface area contributed by atoms with E-state index in [1.54, 1.807) is 12.1 Å². The summed E-state index contributed by atoms with van der Waals surface area (Å²) in [5.41, 5.74) is 4.29. The molecule has 2 heterocycles. The average Bonchev–Trinajstić information content (AvgIpc) is 3.13. The molecular weight excluding hydrogens is 364 g/mol. The largest absolute Gasteiger partial charge is 0.490 e. The smallest absolute Gasteiger partial charge is 0.195 e. The first-order valence-corrected chi connectivity index (χ1v) is 9.99. The molecule has 2 aliphatic rings. The van der Waals surface area contributed by atoms with Gasteiger partial charge in [0.05, 0.1) is 30.4 Å². The second kappa shape index (κ2) is 6.47. The molecule has 0 atom stereocenters. The highest BCUT2D eigenvalue weighted by Gasteiger charge is 2.40. The number of carbonyl (C=O) groups is 1. The Hall–Kier alpha value is -3.10. The molecule has 1 aliphatic carbocycles. The van der Waals surface area contributed by atoms with Gasteiger partial charge in [0.15, 0.2) is 5.78 Å². The van der Waals surface area contributed by atoms with E-state index in [1.807, 2.05) is 24.3 Å². The van der Waals surface area contributed by atoms with E-state index in [4.69, 9.17) is 9.47 Å². The van der Waals surface area contributed by atoms with E-state index in [9.17, 15) is 10.1 Å². The molecule has 0 amide bonds. The van der Waals surface area contributed by atoms with Gasteiger partial charge in [-0.3, -0.25) is 4.79 Å². The third kappa shape index (κ3) is 2.75. The number of aromatic nitrogens is 1. The van der Waals surface area contributed by atoms with Crippen LogP contribution in [0.25, 0.3) is 10.9 Å². The molecule has 5 heteroatoms. The molecule has 1 saturated heterocycles. The number of ether oxygens (including phenoxy) is 2. The monoisotopic (exact) mass is 386 g/mol. The van der Waals surface area contributed by atoms with Gasteiger partial charge in [0, 0.05) is 40.4 Å². The maximum absolute atomic E-state index is 13.4. The number of fused-ring (bicyclic) bond motifs is 4. The number of nitrogens with one attached hydrogen (secondary N) is 1. The highest BCUT2D eigenvalue weighted by Crippen LogP contribution is 2.44. The van der Waals surface area contributed by atoms with Gasteiger partial charge in [-0.1, -0.05) is 19.9 Å². The summed E-state index contributed by atoms with van der Waals surface area (Å²) in [6.45, 7) is 5.69. The SMILES string of the molecule is CC1(C)c2cc(OC3CCOCC3)ccc2C(=O)c2c1[nH]c1cc(C#N)ccc21. The Kier molecular flexibility index (Phi) is 4.01. The first kappa shape index (κ1) is 18.0. The van der Waals surface area contributed by atoms with Crippen molar-refractivity contribution in [2.24, 2.45) is 0 Å². The number of rotatable bonds is 2. The van der Waals surface area contributed by atoms with E-state index in [0.717, 1.165) is 54.0 Å². The van der Waals surface area contributed by atoms with E-state index in [-0.39, 0.29) is 17.3 Å². The van der Waals surface area contributed by atoms with E-state index >= 15 is 0 Å². The minimum Gasteiger partial charge on any atom is -0.490 e. The predicted molar refractivity (Wildman–Crippen MR) is 109 cm³/mol. The predicted octanol–water partition coefficient (Wildman–Crippen LogP) is 4.47. The highest BCUT2D eigenvalue weighted by molar-refractivity contribution is 6.20. The molecule has 146 valence electrons. The summed E-state index contributed by atoms with van der Waals surface area (Å²) in [5.74, 6) is 0.811. The Bertz CT molecular complexity index is 1180. The first-order chi connectivity index (χ1) is 14.0. The lowest BCUT2D eigenvalue weighted by molar-refractivity contribution is 0.0255. The van der Waals surface area contributed by atoms with Crippen LogP contribution in [0.5, 0.6) is 5.75 Å². The van der Waals surface area contributed by atoms with Gasteiger partial charge in [0.25, 0.3) is 0 Å². The molecule has 0 spiro atoms. The van der Waals surface area contributed by atoms with Crippen LogP contribution in [0, 0.1) is 11.3 Å². The molecule has 0 saturated carbocycles. The fourth-order valence-corrected chi connectivity index (χ4v) is 4.54. The van der Waals surface area contributed by atoms with Crippen molar-refractivity contribution < 1.29 is 14.3 Å². The summed E-state index contributed by atoms with van der Waals surface area (Å²) in [4.78, 5) is 16.8. The van der Waals surface area contributed by atoms with Crippen LogP contribution in [0.3, 0.4) is 0 Å². The number of nitrogens with zero attached hydrogens (tertiary/aromatic N) is 1. The van der Waals surface area contributed by atoms with E-state index in [1.165, 1.54) is 0 Å². The number of H-pyrrole nitrogens is 1. The number of ketones is 1. The summed E-state index contributed by atoms with van der Waals surface area (Å²) in [5, 5.41) is 10.1. The lowest BCUT2D eigenvalue weighted by atomic mass is 9.71. The second-order valence-corrected chi connectivity index (χ2v) is 8.34. The van der Waals surface area contributed by atoms with Crippen LogP contribution in [0.1, 0.15) is 59.4 Å². The van der Waals surface area contributed by atoms with Gasteiger partial charge in [-0.15, -0.1) is 0 Å². The maximum Gasteiger partial charge on any atom is 0.195 e. The quantitative estimate of drug-likeness (QED) is 0.705. The van der Waals surface area contributed by atoms with Gasteiger partial charge in [-0.25, -0.2) is 0 Å². The van der Waals surface area contributed by atoms with Crippen molar-refractivity contribution in [3.8, 4) is 11.8 Å². The van der Waals surface area contributed by atoms with Crippen molar-refractivity contribution in [3.63, 3.8) is 0 Å². The Labute approximate surface area is 169 Å². The summed E-state index contributed by atoms with van der Waals surface area (Å²) < 4.78 is 11.6. The van der Waals surface area contributed by atoms with Crippen LogP contribution < -0.4 is 4.74 Å². The number of hydrogen-bond donors (Lipinski definition) is 1. The number of aromatic amines is 1. The number of carbonyl (C=O) groups excluding carboxylic acids is 1. The lowest BCUT2D eigenvalue weighted by Crippen LogP contribution is -2.31. The standard InChI is InChI=1S/C24H22N2O3/c1-24(2)19-12-16(29-15-7-9-28-10-8-15)4-6-17(19)22(27)21-18-5-3-14(13-25)11-20(18)26-23(21)24/h3-6,11-12,15,26H,7-10H2,1-2H3. The molecule has 2 aromatic carbocycles. The maximum atomic E-state index is 13.4. The van der Waals surface area contributed by atoms with Crippen LogP contribution in [-0.2, 0) is 10.2 Å². The molecular formula is C24H22N2O3. The van der Waals surface area contributed by atoms with Gasteiger partial charge in [-0.05, 0) is 35.9 Å². The number of benzene rings is 2. The van der Waals surface area contributed by atoms with Gasteiger partial charge < -0.3 is 14.5 Å². The second-order valence-electron chi connectivity index (χ2n) is 8.34. The molecule has 0 radical (unpaired) electrons. The zero-order valence-electron chi connectivity index (χ0n) is 16.5. The Morgan fingerprint density at radius 3 is 2.72 bits per heavy atom. The van der Waals surface area contributed by atoms with Gasteiger partial charge in [0.1, 0.15) is 11.9 Å². The minimum atomic E-state index is -0.389. The molecule has 1 fully saturated rings. The van der Waals surface area contributed by atoms with Crippen LogP contribution in [0.15, 0.2) is 36.4 Å². The van der Waals surface area contributed by atoms with Crippen molar-refractivity contribution >= 4 is 16.7 Å². The molecule has 0 unspecified atom stereocenters. The lowest BCUT2D eigenvalue weighted by Gasteiger charge is -2.33. The molecule has 1 N–H and O–H groups in total. The molecule has 5 rings (SSSR count). The van der Waals surface area contributed by atoms with Crippen molar-refractivity contribution in [2.75, 3.05) is 13.2 Å². The Balaban J connectivity index is 1.60. The summed E-state index contributed by atoms with van der Waals surface area (Å²) in [6.07, 6.45) is 1.91. The topological polar surface area (TPSA) is 75.1 Å². The summed E-state index contributed by atoms with van der Waals surface area (Å²) >= 11 is 0. The fourth-order valence-electron chi connectivity index (χ4n) is 4.54. The van der Waals surface area contributed by atoms with Gasteiger partial charge in [-0.2, -0.15) is 5.26 Å². The van der Waals surface area contributed by atoms with E-state index in [2.05, 4.69) is 24.9 Å². The third-order valence-corrected chi connectivity index (χ3v) is 6.16. The Morgan fingerprint density at radius 1 is 1.17 bits per heavy atom. The molecule has 3 aromatic rings. The van der Waals surface area contributed by atoms with Crippen LogP contribution in [-0.4, -0.2) is 30.1 Å². The first-order valence-electron chi connectivity index (χ1n) is 9.99. The van der Waals surface area contributed by atoms with Crippen LogP contribution in [0.2, 0.25) is 0 Å². The molecule has 1 aliphatic heterocycles.